The maximum atomic E-state index is 13.3. The van der Waals surface area contributed by atoms with E-state index in [9.17, 15) is 23.1 Å². The van der Waals surface area contributed by atoms with Crippen LogP contribution in [0.25, 0.3) is 11.2 Å². The lowest BCUT2D eigenvalue weighted by molar-refractivity contribution is -0.137. The first-order chi connectivity index (χ1) is 21.2. The summed E-state index contributed by atoms with van der Waals surface area (Å²) < 4.78 is 41.9. The molecule has 2 aliphatic carbocycles. The molecule has 0 aliphatic heterocycles. The van der Waals surface area contributed by atoms with Crippen molar-refractivity contribution in [2.75, 3.05) is 5.32 Å². The van der Waals surface area contributed by atoms with Gasteiger partial charge in [0.1, 0.15) is 11.3 Å². The summed E-state index contributed by atoms with van der Waals surface area (Å²) in [6.45, 7) is 6.33. The second-order valence-corrected chi connectivity index (χ2v) is 11.7. The van der Waals surface area contributed by atoms with E-state index in [0.29, 0.717) is 22.8 Å². The fourth-order valence-corrected chi connectivity index (χ4v) is 6.49. The summed E-state index contributed by atoms with van der Waals surface area (Å²) in [7, 11) is 0. The molecule has 0 bridgehead atoms. The number of alkyl halides is 3. The molecule has 0 amide bonds. The van der Waals surface area contributed by atoms with Crippen LogP contribution in [-0.2, 0) is 12.7 Å². The van der Waals surface area contributed by atoms with Gasteiger partial charge < -0.3 is 15.0 Å². The fraction of sp³-hybridized carbons (Fsp3) is 0.471. The summed E-state index contributed by atoms with van der Waals surface area (Å²) in [6, 6.07) is 15.5. The second-order valence-electron chi connectivity index (χ2n) is 11.7. The van der Waals surface area contributed by atoms with Crippen LogP contribution in [0.5, 0.6) is 0 Å². The summed E-state index contributed by atoms with van der Waals surface area (Å²) in [4.78, 5) is 25.8. The van der Waals surface area contributed by atoms with Crippen molar-refractivity contribution in [3.63, 3.8) is 0 Å². The number of rotatable bonds is 8. The van der Waals surface area contributed by atoms with Gasteiger partial charge in [0.25, 0.3) is 0 Å². The number of halogens is 3. The monoisotopic (exact) mass is 607 g/mol. The van der Waals surface area contributed by atoms with Gasteiger partial charge >= 0.3 is 12.1 Å². The van der Waals surface area contributed by atoms with Crippen LogP contribution in [0.3, 0.4) is 0 Å². The highest BCUT2D eigenvalue weighted by molar-refractivity contribution is 5.91. The number of benzene rings is 2. The minimum absolute atomic E-state index is 0.0231. The number of hydrogen-bond donors (Lipinski definition) is 2. The molecule has 2 aromatic carbocycles. The molecule has 234 valence electrons. The predicted molar refractivity (Wildman–Crippen MR) is 165 cm³/mol. The van der Waals surface area contributed by atoms with Crippen molar-refractivity contribution in [1.82, 2.24) is 19.5 Å². The van der Waals surface area contributed by atoms with Crippen molar-refractivity contribution in [2.45, 2.75) is 96.3 Å². The first-order valence-electron chi connectivity index (χ1n) is 15.7. The Kier molecular flexibility index (Phi) is 9.56. The number of hydrogen-bond acceptors (Lipinski definition) is 5. The topological polar surface area (TPSA) is 92.9 Å². The number of imidazole rings is 1. The molecule has 2 aromatic heterocycles. The lowest BCUT2D eigenvalue weighted by Gasteiger charge is -2.33. The van der Waals surface area contributed by atoms with Crippen molar-refractivity contribution >= 4 is 23.0 Å². The number of carboxylic acid groups (broad SMARTS) is 1. The van der Waals surface area contributed by atoms with E-state index in [0.717, 1.165) is 62.9 Å². The lowest BCUT2D eigenvalue weighted by atomic mass is 9.75. The van der Waals surface area contributed by atoms with E-state index in [-0.39, 0.29) is 35.9 Å². The van der Waals surface area contributed by atoms with Crippen LogP contribution in [0.4, 0.5) is 19.0 Å². The Bertz CT molecular complexity index is 1570. The zero-order chi connectivity index (χ0) is 31.4. The molecule has 3 unspecified atom stereocenters. The standard InChI is InChI=1S/C32H34F3N5O2.C2H6/c1-19(21-10-7-11-21)36-27-26-28(38-29(37-27)31(41)42)39-30(25-13-6-5-12-24(25)22-8-3-2-4-9-22)40(26)18-20-14-16-23(17-15-20)32(33,34)35;1-2/h2-4,8-9,14-17,19,21,24-25H,5-7,10-13,18H2,1H3,(H,41,42)(H,36,37,38);1-2H3. The van der Waals surface area contributed by atoms with Crippen LogP contribution in [0.2, 0.25) is 0 Å². The Balaban J connectivity index is 0.00000188. The van der Waals surface area contributed by atoms with Gasteiger partial charge in [-0.3, -0.25) is 0 Å². The van der Waals surface area contributed by atoms with E-state index in [1.54, 1.807) is 0 Å². The van der Waals surface area contributed by atoms with E-state index in [4.69, 9.17) is 4.98 Å². The van der Waals surface area contributed by atoms with E-state index in [2.05, 4.69) is 34.3 Å². The summed E-state index contributed by atoms with van der Waals surface area (Å²) in [5.74, 6) is 0.254. The number of nitrogens with one attached hydrogen (secondary N) is 1. The number of aromatic nitrogens is 4. The number of anilines is 1. The molecule has 2 N–H and O–H groups in total. The molecule has 2 saturated carbocycles. The van der Waals surface area contributed by atoms with Crippen molar-refractivity contribution in [3.8, 4) is 0 Å². The third-order valence-corrected chi connectivity index (χ3v) is 8.99. The van der Waals surface area contributed by atoms with Crippen LogP contribution < -0.4 is 5.32 Å². The van der Waals surface area contributed by atoms with Crippen molar-refractivity contribution in [1.29, 1.82) is 0 Å². The van der Waals surface area contributed by atoms with Crippen molar-refractivity contribution in [2.24, 2.45) is 5.92 Å². The molecule has 0 radical (unpaired) electrons. The Morgan fingerprint density at radius 1 is 0.932 bits per heavy atom. The number of aromatic carboxylic acids is 1. The first-order valence-corrected chi connectivity index (χ1v) is 15.7. The second kappa shape index (κ2) is 13.4. The number of carboxylic acids is 1. The Labute approximate surface area is 256 Å². The molecule has 44 heavy (non-hydrogen) atoms. The van der Waals surface area contributed by atoms with Gasteiger partial charge in [-0.15, -0.1) is 0 Å². The van der Waals surface area contributed by atoms with Gasteiger partial charge in [0, 0.05) is 18.5 Å². The Morgan fingerprint density at radius 3 is 2.18 bits per heavy atom. The minimum Gasteiger partial charge on any atom is -0.475 e. The molecule has 2 aliphatic rings. The third kappa shape index (κ3) is 6.59. The van der Waals surface area contributed by atoms with Crippen LogP contribution >= 0.6 is 0 Å². The van der Waals surface area contributed by atoms with Crippen LogP contribution in [0.15, 0.2) is 54.6 Å². The molecule has 2 heterocycles. The minimum atomic E-state index is -4.42. The van der Waals surface area contributed by atoms with E-state index >= 15 is 0 Å². The van der Waals surface area contributed by atoms with E-state index < -0.39 is 17.7 Å². The average molecular weight is 608 g/mol. The van der Waals surface area contributed by atoms with Gasteiger partial charge in [0.15, 0.2) is 11.5 Å². The highest BCUT2D eigenvalue weighted by Crippen LogP contribution is 2.45. The molecular formula is C34H40F3N5O2. The zero-order valence-corrected chi connectivity index (χ0v) is 25.4. The highest BCUT2D eigenvalue weighted by atomic mass is 19.4. The van der Waals surface area contributed by atoms with Gasteiger partial charge in [-0.1, -0.05) is 75.6 Å². The molecule has 2 fully saturated rings. The van der Waals surface area contributed by atoms with Gasteiger partial charge in [-0.25, -0.2) is 19.7 Å². The lowest BCUT2D eigenvalue weighted by Crippen LogP contribution is -2.31. The van der Waals surface area contributed by atoms with E-state index in [1.807, 2.05) is 36.6 Å². The molecule has 0 spiro atoms. The van der Waals surface area contributed by atoms with Gasteiger partial charge in [-0.2, -0.15) is 13.2 Å². The zero-order valence-electron chi connectivity index (χ0n) is 25.4. The maximum Gasteiger partial charge on any atom is 0.416 e. The molecule has 10 heteroatoms. The van der Waals surface area contributed by atoms with Crippen molar-refractivity contribution in [3.05, 3.63) is 82.9 Å². The maximum absolute atomic E-state index is 13.3. The summed E-state index contributed by atoms with van der Waals surface area (Å²) in [5, 5.41) is 13.3. The van der Waals surface area contributed by atoms with E-state index in [1.165, 1.54) is 17.7 Å². The largest absolute Gasteiger partial charge is 0.475 e. The molecule has 4 aromatic rings. The average Bonchev–Trinajstić information content (AvgIpc) is 3.35. The van der Waals surface area contributed by atoms with Gasteiger partial charge in [0.05, 0.1) is 5.56 Å². The molecule has 7 nitrogen and oxygen atoms in total. The normalized spacial score (nSPS) is 19.5. The van der Waals surface area contributed by atoms with Crippen LogP contribution in [0, 0.1) is 5.92 Å². The predicted octanol–water partition coefficient (Wildman–Crippen LogP) is 8.66. The molecule has 3 atom stereocenters. The summed E-state index contributed by atoms with van der Waals surface area (Å²) >= 11 is 0. The Hall–Kier alpha value is -3.95. The molecule has 6 rings (SSSR count). The highest BCUT2D eigenvalue weighted by Gasteiger charge is 2.34. The first kappa shape index (κ1) is 31.5. The fourth-order valence-electron chi connectivity index (χ4n) is 6.49. The van der Waals surface area contributed by atoms with Gasteiger partial charge in [0.2, 0.25) is 5.82 Å². The third-order valence-electron chi connectivity index (χ3n) is 8.99. The quantitative estimate of drug-likeness (QED) is 0.208. The molecule has 0 saturated heterocycles. The smallest absolute Gasteiger partial charge is 0.416 e. The van der Waals surface area contributed by atoms with Crippen molar-refractivity contribution < 1.29 is 23.1 Å². The van der Waals surface area contributed by atoms with Crippen LogP contribution in [0.1, 0.15) is 111 Å². The SMILES string of the molecule is CC.CC(Nc1nc(C(=O)O)nc2nc(C3CCCCC3c3ccccc3)n(Cc3ccc(C(F)(F)F)cc3)c12)C1CCC1. The van der Waals surface area contributed by atoms with Gasteiger partial charge in [-0.05, 0) is 67.7 Å². The number of carbonyl (C=O) groups is 1. The van der Waals surface area contributed by atoms with Crippen LogP contribution in [-0.4, -0.2) is 36.6 Å². The molecular weight excluding hydrogens is 567 g/mol. The number of fused-ring (bicyclic) bond motifs is 1. The summed E-state index contributed by atoms with van der Waals surface area (Å²) in [6.07, 6.45) is 2.89. The number of nitrogens with zero attached hydrogens (tertiary/aromatic N) is 4. The summed E-state index contributed by atoms with van der Waals surface area (Å²) in [5.41, 5.74) is 2.05. The Morgan fingerprint density at radius 2 is 1.59 bits per heavy atom.